The van der Waals surface area contributed by atoms with Gasteiger partial charge in [0.15, 0.2) is 0 Å². The third kappa shape index (κ3) is 2.51. The standard InChI is InChI=1S/C19H17ClN2O2S/c1-2-22-19(14-7-4-3-5-8-14)17-9-6-12-21(17)16-11-10-15(20)13-18(16)25(22,23)24/h3-13,19H,2H2,1H3. The maximum atomic E-state index is 13.4. The molecule has 4 nitrogen and oxygen atoms in total. The van der Waals surface area contributed by atoms with Crippen LogP contribution in [0.5, 0.6) is 0 Å². The smallest absolute Gasteiger partial charge is 0.246 e. The molecule has 1 aromatic heterocycles. The van der Waals surface area contributed by atoms with E-state index in [-0.39, 0.29) is 4.90 Å². The Morgan fingerprint density at radius 1 is 1.04 bits per heavy atom. The Labute approximate surface area is 152 Å². The molecule has 3 aromatic rings. The molecule has 0 saturated heterocycles. The van der Waals surface area contributed by atoms with Gasteiger partial charge in [0.2, 0.25) is 10.0 Å². The van der Waals surface area contributed by atoms with Crippen molar-refractivity contribution < 1.29 is 8.42 Å². The quantitative estimate of drug-likeness (QED) is 0.675. The molecule has 1 atom stereocenters. The van der Waals surface area contributed by atoms with Gasteiger partial charge in [-0.25, -0.2) is 8.42 Å². The van der Waals surface area contributed by atoms with Gasteiger partial charge in [0.25, 0.3) is 0 Å². The third-order valence-corrected chi connectivity index (χ3v) is 6.75. The minimum atomic E-state index is -3.70. The molecule has 0 saturated carbocycles. The van der Waals surface area contributed by atoms with Gasteiger partial charge in [-0.15, -0.1) is 0 Å². The van der Waals surface area contributed by atoms with E-state index in [4.69, 9.17) is 11.6 Å². The number of hydrogen-bond acceptors (Lipinski definition) is 2. The van der Waals surface area contributed by atoms with Crippen LogP contribution in [0.2, 0.25) is 5.02 Å². The zero-order chi connectivity index (χ0) is 17.6. The number of benzene rings is 2. The topological polar surface area (TPSA) is 42.3 Å². The second-order valence-corrected chi connectivity index (χ2v) is 8.23. The molecule has 0 amide bonds. The molecule has 0 bridgehead atoms. The van der Waals surface area contributed by atoms with Gasteiger partial charge in [-0.1, -0.05) is 48.9 Å². The molecule has 128 valence electrons. The first-order valence-electron chi connectivity index (χ1n) is 8.08. The molecule has 2 heterocycles. The highest BCUT2D eigenvalue weighted by Crippen LogP contribution is 2.40. The number of fused-ring (bicyclic) bond motifs is 3. The van der Waals surface area contributed by atoms with E-state index in [2.05, 4.69) is 0 Å². The van der Waals surface area contributed by atoms with Gasteiger partial charge < -0.3 is 4.57 Å². The molecule has 1 unspecified atom stereocenters. The number of sulfonamides is 1. The molecule has 0 radical (unpaired) electrons. The van der Waals surface area contributed by atoms with Gasteiger partial charge in [-0.3, -0.25) is 0 Å². The highest BCUT2D eigenvalue weighted by Gasteiger charge is 2.38. The summed E-state index contributed by atoms with van der Waals surface area (Å²) in [5, 5.41) is 0.408. The Bertz CT molecular complexity index is 1030. The van der Waals surface area contributed by atoms with Crippen LogP contribution in [0.4, 0.5) is 0 Å². The molecule has 1 aliphatic rings. The van der Waals surface area contributed by atoms with Crippen LogP contribution < -0.4 is 0 Å². The van der Waals surface area contributed by atoms with Crippen molar-refractivity contribution in [3.63, 3.8) is 0 Å². The van der Waals surface area contributed by atoms with Crippen LogP contribution in [0, 0.1) is 0 Å². The molecule has 0 fully saturated rings. The highest BCUT2D eigenvalue weighted by molar-refractivity contribution is 7.89. The maximum Gasteiger partial charge on any atom is 0.246 e. The molecule has 0 N–H and O–H groups in total. The van der Waals surface area contributed by atoms with Crippen molar-refractivity contribution in [2.75, 3.05) is 6.54 Å². The normalized spacial score (nSPS) is 19.0. The minimum Gasteiger partial charge on any atom is -0.318 e. The van der Waals surface area contributed by atoms with Gasteiger partial charge in [0.05, 0.1) is 11.7 Å². The average Bonchev–Trinajstić information content (AvgIpc) is 3.06. The summed E-state index contributed by atoms with van der Waals surface area (Å²) < 4.78 is 30.3. The third-order valence-electron chi connectivity index (χ3n) is 4.54. The lowest BCUT2D eigenvalue weighted by Gasteiger charge is -2.28. The summed E-state index contributed by atoms with van der Waals surface area (Å²) in [5.41, 5.74) is 2.48. The van der Waals surface area contributed by atoms with E-state index >= 15 is 0 Å². The van der Waals surface area contributed by atoms with Crippen LogP contribution in [0.1, 0.15) is 24.2 Å². The Hall–Kier alpha value is -2.08. The summed E-state index contributed by atoms with van der Waals surface area (Å²) >= 11 is 6.11. The first-order chi connectivity index (χ1) is 12.0. The predicted octanol–water partition coefficient (Wildman–Crippen LogP) is 4.24. The van der Waals surface area contributed by atoms with Gasteiger partial charge in [0, 0.05) is 23.5 Å². The molecule has 2 aromatic carbocycles. The van der Waals surface area contributed by atoms with E-state index in [9.17, 15) is 8.42 Å². The lowest BCUT2D eigenvalue weighted by Crippen LogP contribution is -2.34. The van der Waals surface area contributed by atoms with Crippen molar-refractivity contribution in [1.82, 2.24) is 8.87 Å². The lowest BCUT2D eigenvalue weighted by atomic mass is 10.0. The Morgan fingerprint density at radius 3 is 2.52 bits per heavy atom. The zero-order valence-corrected chi connectivity index (χ0v) is 15.2. The first kappa shape index (κ1) is 16.4. The van der Waals surface area contributed by atoms with Gasteiger partial charge in [-0.05, 0) is 35.9 Å². The number of halogens is 1. The van der Waals surface area contributed by atoms with Crippen molar-refractivity contribution in [3.8, 4) is 5.69 Å². The van der Waals surface area contributed by atoms with Crippen LogP contribution in [-0.2, 0) is 10.0 Å². The van der Waals surface area contributed by atoms with E-state index in [0.717, 1.165) is 11.3 Å². The van der Waals surface area contributed by atoms with Crippen molar-refractivity contribution >= 4 is 21.6 Å². The largest absolute Gasteiger partial charge is 0.318 e. The molecule has 0 aliphatic carbocycles. The van der Waals surface area contributed by atoms with E-state index < -0.39 is 16.1 Å². The fourth-order valence-corrected chi connectivity index (χ4v) is 5.51. The van der Waals surface area contributed by atoms with Crippen LogP contribution in [-0.4, -0.2) is 23.8 Å². The lowest BCUT2D eigenvalue weighted by molar-refractivity contribution is 0.372. The summed E-state index contributed by atoms with van der Waals surface area (Å²) in [6, 6.07) is 18.2. The minimum absolute atomic E-state index is 0.234. The van der Waals surface area contributed by atoms with Gasteiger partial charge in [0.1, 0.15) is 4.90 Å². The van der Waals surface area contributed by atoms with Crippen molar-refractivity contribution in [1.29, 1.82) is 0 Å². The van der Waals surface area contributed by atoms with Gasteiger partial charge >= 0.3 is 0 Å². The summed E-state index contributed by atoms with van der Waals surface area (Å²) in [4.78, 5) is 0.234. The summed E-state index contributed by atoms with van der Waals surface area (Å²) in [5.74, 6) is 0. The second kappa shape index (κ2) is 6.02. The predicted molar refractivity (Wildman–Crippen MR) is 98.6 cm³/mol. The average molecular weight is 373 g/mol. The van der Waals surface area contributed by atoms with Crippen LogP contribution in [0.25, 0.3) is 5.69 Å². The fourth-order valence-electron chi connectivity index (χ4n) is 3.47. The van der Waals surface area contributed by atoms with E-state index in [1.807, 2.05) is 60.2 Å². The molecule has 6 heteroatoms. The molecule has 4 rings (SSSR count). The van der Waals surface area contributed by atoms with Crippen molar-refractivity contribution in [2.24, 2.45) is 0 Å². The molecular weight excluding hydrogens is 356 g/mol. The SMILES string of the molecule is CCN1C(c2ccccc2)c2cccn2-c2ccc(Cl)cc2S1(=O)=O. The number of aromatic nitrogens is 1. The summed E-state index contributed by atoms with van der Waals surface area (Å²) in [6.07, 6.45) is 1.90. The zero-order valence-electron chi connectivity index (χ0n) is 13.6. The van der Waals surface area contributed by atoms with Gasteiger partial charge in [-0.2, -0.15) is 4.31 Å². The van der Waals surface area contributed by atoms with Crippen LogP contribution >= 0.6 is 11.6 Å². The van der Waals surface area contributed by atoms with Crippen LogP contribution in [0.15, 0.2) is 71.8 Å². The highest BCUT2D eigenvalue weighted by atomic mass is 35.5. The van der Waals surface area contributed by atoms with E-state index in [1.165, 1.54) is 10.4 Å². The molecule has 0 spiro atoms. The molecule has 25 heavy (non-hydrogen) atoms. The molecular formula is C19H17ClN2O2S. The van der Waals surface area contributed by atoms with E-state index in [1.54, 1.807) is 12.1 Å². The fraction of sp³-hybridized carbons (Fsp3) is 0.158. The number of nitrogens with zero attached hydrogens (tertiary/aromatic N) is 2. The van der Waals surface area contributed by atoms with Crippen molar-refractivity contribution in [2.45, 2.75) is 17.9 Å². The maximum absolute atomic E-state index is 13.4. The Kier molecular flexibility index (Phi) is 3.95. The van der Waals surface area contributed by atoms with E-state index in [0.29, 0.717) is 17.3 Å². The Balaban J connectivity index is 2.08. The Morgan fingerprint density at radius 2 is 1.80 bits per heavy atom. The monoisotopic (exact) mass is 372 g/mol. The molecule has 1 aliphatic heterocycles. The first-order valence-corrected chi connectivity index (χ1v) is 9.90. The van der Waals surface area contributed by atoms with Crippen LogP contribution in [0.3, 0.4) is 0 Å². The number of rotatable bonds is 2. The van der Waals surface area contributed by atoms with Crippen molar-refractivity contribution in [3.05, 3.63) is 83.1 Å². The second-order valence-electron chi connectivity index (χ2n) is 5.94. The number of hydrogen-bond donors (Lipinski definition) is 0. The summed E-state index contributed by atoms with van der Waals surface area (Å²) in [6.45, 7) is 2.22. The summed E-state index contributed by atoms with van der Waals surface area (Å²) in [7, 11) is -3.70.